The van der Waals surface area contributed by atoms with Crippen LogP contribution in [0.25, 0.3) is 0 Å². The lowest BCUT2D eigenvalue weighted by Crippen LogP contribution is -2.28. The van der Waals surface area contributed by atoms with Gasteiger partial charge in [-0.15, -0.1) is 11.3 Å². The number of pyridine rings is 1. The maximum Gasteiger partial charge on any atom is 0.321 e. The molecule has 0 saturated heterocycles. The topological polar surface area (TPSA) is 66.9 Å². The summed E-state index contributed by atoms with van der Waals surface area (Å²) in [5, 5.41) is 8.29. The van der Waals surface area contributed by atoms with Crippen molar-refractivity contribution in [3.05, 3.63) is 41.2 Å². The fourth-order valence-corrected chi connectivity index (χ4v) is 2.85. The molecular formula is C14H16N4OS. The molecule has 2 N–H and O–H groups in total. The first-order valence-electron chi connectivity index (χ1n) is 6.70. The molecule has 0 aromatic carbocycles. The van der Waals surface area contributed by atoms with Gasteiger partial charge in [0.25, 0.3) is 0 Å². The highest BCUT2D eigenvalue weighted by molar-refractivity contribution is 7.13. The molecule has 20 heavy (non-hydrogen) atoms. The summed E-state index contributed by atoms with van der Waals surface area (Å²) in [6.07, 6.45) is 7.15. The van der Waals surface area contributed by atoms with E-state index in [-0.39, 0.29) is 6.03 Å². The van der Waals surface area contributed by atoms with Crippen LogP contribution in [0.2, 0.25) is 0 Å². The molecular weight excluding hydrogens is 272 g/mol. The van der Waals surface area contributed by atoms with Gasteiger partial charge in [-0.1, -0.05) is 6.42 Å². The first-order chi connectivity index (χ1) is 9.81. The summed E-state index contributed by atoms with van der Waals surface area (Å²) < 4.78 is 0. The molecule has 1 aliphatic carbocycles. The predicted molar refractivity (Wildman–Crippen MR) is 78.8 cm³/mol. The molecule has 1 fully saturated rings. The Balaban J connectivity index is 1.49. The lowest BCUT2D eigenvalue weighted by molar-refractivity contribution is 0.251. The zero-order chi connectivity index (χ0) is 13.8. The summed E-state index contributed by atoms with van der Waals surface area (Å²) in [7, 11) is 0. The average Bonchev–Trinajstić information content (AvgIpc) is 2.84. The second-order valence-corrected chi connectivity index (χ2v) is 5.73. The quantitative estimate of drug-likeness (QED) is 0.908. The Bertz CT molecular complexity index is 580. The predicted octanol–water partition coefficient (Wildman–Crippen LogP) is 3.13. The number of hydrogen-bond acceptors (Lipinski definition) is 4. The second kappa shape index (κ2) is 6.00. The van der Waals surface area contributed by atoms with Gasteiger partial charge in [-0.05, 0) is 30.5 Å². The maximum atomic E-state index is 11.8. The third-order valence-corrected chi connectivity index (χ3v) is 4.24. The van der Waals surface area contributed by atoms with Crippen LogP contribution in [0.15, 0.2) is 29.9 Å². The third kappa shape index (κ3) is 3.14. The maximum absolute atomic E-state index is 11.8. The van der Waals surface area contributed by atoms with E-state index >= 15 is 0 Å². The minimum Gasteiger partial charge on any atom is -0.334 e. The number of urea groups is 1. The van der Waals surface area contributed by atoms with Crippen molar-refractivity contribution in [1.82, 2.24) is 15.3 Å². The monoisotopic (exact) mass is 288 g/mol. The van der Waals surface area contributed by atoms with Crippen LogP contribution in [-0.2, 0) is 6.54 Å². The Morgan fingerprint density at radius 2 is 2.15 bits per heavy atom. The van der Waals surface area contributed by atoms with E-state index in [0.717, 1.165) is 11.3 Å². The lowest BCUT2D eigenvalue weighted by Gasteiger charge is -2.22. The largest absolute Gasteiger partial charge is 0.334 e. The van der Waals surface area contributed by atoms with Crippen molar-refractivity contribution < 1.29 is 4.79 Å². The normalized spacial score (nSPS) is 14.6. The molecule has 2 amide bonds. The van der Waals surface area contributed by atoms with Crippen molar-refractivity contribution in [3.63, 3.8) is 0 Å². The highest BCUT2D eigenvalue weighted by Gasteiger charge is 2.22. The van der Waals surface area contributed by atoms with Crippen LogP contribution < -0.4 is 10.6 Å². The van der Waals surface area contributed by atoms with Crippen molar-refractivity contribution in [2.45, 2.75) is 31.7 Å². The fraction of sp³-hybridized carbons (Fsp3) is 0.357. The van der Waals surface area contributed by atoms with Crippen LogP contribution in [0.5, 0.6) is 0 Å². The van der Waals surface area contributed by atoms with Crippen molar-refractivity contribution in [3.8, 4) is 0 Å². The van der Waals surface area contributed by atoms with Gasteiger partial charge in [0, 0.05) is 30.2 Å². The highest BCUT2D eigenvalue weighted by atomic mass is 32.1. The van der Waals surface area contributed by atoms with Gasteiger partial charge in [-0.3, -0.25) is 10.3 Å². The van der Waals surface area contributed by atoms with Gasteiger partial charge in [0.2, 0.25) is 0 Å². The van der Waals surface area contributed by atoms with Crippen molar-refractivity contribution in [1.29, 1.82) is 0 Å². The molecule has 6 heteroatoms. The van der Waals surface area contributed by atoms with E-state index < -0.39 is 0 Å². The average molecular weight is 288 g/mol. The number of rotatable bonds is 4. The van der Waals surface area contributed by atoms with E-state index in [2.05, 4.69) is 20.6 Å². The molecule has 0 unspecified atom stereocenters. The summed E-state index contributed by atoms with van der Waals surface area (Å²) >= 11 is 1.48. The summed E-state index contributed by atoms with van der Waals surface area (Å²) in [6.45, 7) is 0.481. The zero-order valence-corrected chi connectivity index (χ0v) is 11.8. The molecule has 1 saturated carbocycles. The Kier molecular flexibility index (Phi) is 3.92. The van der Waals surface area contributed by atoms with Crippen LogP contribution >= 0.6 is 11.3 Å². The Labute approximate surface area is 121 Å². The third-order valence-electron chi connectivity index (χ3n) is 3.47. The number of carbonyl (C=O) groups excluding carboxylic acids is 1. The molecule has 2 aromatic heterocycles. The second-order valence-electron chi connectivity index (χ2n) is 4.87. The minimum atomic E-state index is -0.226. The van der Waals surface area contributed by atoms with Crippen LogP contribution in [-0.4, -0.2) is 16.0 Å². The van der Waals surface area contributed by atoms with Gasteiger partial charge in [0.05, 0.1) is 5.69 Å². The van der Waals surface area contributed by atoms with Gasteiger partial charge in [0.1, 0.15) is 0 Å². The summed E-state index contributed by atoms with van der Waals surface area (Å²) in [6, 6.07) is 3.52. The van der Waals surface area contributed by atoms with E-state index in [0.29, 0.717) is 17.6 Å². The van der Waals surface area contributed by atoms with Crippen LogP contribution in [0.4, 0.5) is 9.93 Å². The van der Waals surface area contributed by atoms with Crippen LogP contribution in [0.1, 0.15) is 36.4 Å². The first kappa shape index (κ1) is 13.1. The molecule has 2 aromatic rings. The number of anilines is 1. The summed E-state index contributed by atoms with van der Waals surface area (Å²) in [4.78, 5) is 20.2. The molecule has 0 radical (unpaired) electrons. The molecule has 5 nitrogen and oxygen atoms in total. The lowest BCUT2D eigenvalue weighted by atomic mass is 9.83. The Morgan fingerprint density at radius 3 is 2.85 bits per heavy atom. The van der Waals surface area contributed by atoms with E-state index in [1.54, 1.807) is 12.4 Å². The Hall–Kier alpha value is -1.95. The van der Waals surface area contributed by atoms with Crippen molar-refractivity contribution in [2.75, 3.05) is 5.32 Å². The van der Waals surface area contributed by atoms with Gasteiger partial charge in [-0.2, -0.15) is 0 Å². The number of aromatic nitrogens is 2. The molecule has 2 heterocycles. The van der Waals surface area contributed by atoms with E-state index in [1.807, 2.05) is 17.5 Å². The fourth-order valence-electron chi connectivity index (χ4n) is 2.06. The molecule has 0 aliphatic heterocycles. The summed E-state index contributed by atoms with van der Waals surface area (Å²) in [5.41, 5.74) is 2.13. The molecule has 1 aliphatic rings. The number of hydrogen-bond donors (Lipinski definition) is 2. The van der Waals surface area contributed by atoms with Gasteiger partial charge in [0.15, 0.2) is 5.13 Å². The van der Waals surface area contributed by atoms with Gasteiger partial charge >= 0.3 is 6.03 Å². The smallest absolute Gasteiger partial charge is 0.321 e. The molecule has 0 bridgehead atoms. The number of thiazole rings is 1. The Morgan fingerprint density at radius 1 is 1.35 bits per heavy atom. The number of nitrogens with one attached hydrogen (secondary N) is 2. The van der Waals surface area contributed by atoms with E-state index in [9.17, 15) is 4.79 Å². The SMILES string of the molecule is O=C(NCc1ccncc1)Nc1nc(C2CCC2)cs1. The number of amides is 2. The summed E-state index contributed by atoms with van der Waals surface area (Å²) in [5.74, 6) is 0.599. The zero-order valence-electron chi connectivity index (χ0n) is 11.0. The standard InChI is InChI=1S/C14H16N4OS/c19-13(16-8-10-4-6-15-7-5-10)18-14-17-12(9-20-14)11-2-1-3-11/h4-7,9,11H,1-3,8H2,(H2,16,17,18,19). The van der Waals surface area contributed by atoms with E-state index in [1.165, 1.54) is 30.6 Å². The van der Waals surface area contributed by atoms with Gasteiger partial charge in [-0.25, -0.2) is 9.78 Å². The minimum absolute atomic E-state index is 0.226. The van der Waals surface area contributed by atoms with Crippen LogP contribution in [0, 0.1) is 0 Å². The molecule has 0 atom stereocenters. The van der Waals surface area contributed by atoms with Crippen molar-refractivity contribution >= 4 is 22.5 Å². The number of carbonyl (C=O) groups is 1. The van der Waals surface area contributed by atoms with E-state index in [4.69, 9.17) is 0 Å². The molecule has 3 rings (SSSR count). The van der Waals surface area contributed by atoms with Crippen molar-refractivity contribution in [2.24, 2.45) is 0 Å². The molecule has 0 spiro atoms. The highest BCUT2D eigenvalue weighted by Crippen LogP contribution is 2.37. The number of nitrogens with zero attached hydrogens (tertiary/aromatic N) is 2. The van der Waals surface area contributed by atoms with Gasteiger partial charge < -0.3 is 5.32 Å². The van der Waals surface area contributed by atoms with Crippen LogP contribution in [0.3, 0.4) is 0 Å². The molecule has 104 valence electrons. The first-order valence-corrected chi connectivity index (χ1v) is 7.58.